The van der Waals surface area contributed by atoms with E-state index < -0.39 is 11.2 Å². The highest BCUT2D eigenvalue weighted by molar-refractivity contribution is 6.09. The molecule has 0 radical (unpaired) electrons. The van der Waals surface area contributed by atoms with Gasteiger partial charge in [-0.05, 0) is 54.1 Å². The molecule has 250 valence electrons. The zero-order valence-electron chi connectivity index (χ0n) is 28.2. The van der Waals surface area contributed by atoms with Gasteiger partial charge in [0.25, 0.3) is 5.56 Å². The first kappa shape index (κ1) is 30.4. The van der Waals surface area contributed by atoms with E-state index in [1.54, 1.807) is 28.8 Å². The van der Waals surface area contributed by atoms with Gasteiger partial charge in [-0.15, -0.1) is 0 Å². The van der Waals surface area contributed by atoms with Crippen molar-refractivity contribution in [2.24, 2.45) is 0 Å². The van der Waals surface area contributed by atoms with Gasteiger partial charge in [0.2, 0.25) is 0 Å². The van der Waals surface area contributed by atoms with Crippen molar-refractivity contribution in [2.75, 3.05) is 0 Å². The van der Waals surface area contributed by atoms with Crippen LogP contribution in [-0.2, 0) is 0 Å². The summed E-state index contributed by atoms with van der Waals surface area (Å²) in [6.45, 7) is 0. The number of furan rings is 1. The van der Waals surface area contributed by atoms with Crippen molar-refractivity contribution in [1.29, 1.82) is 0 Å². The van der Waals surface area contributed by atoms with E-state index >= 15 is 0 Å². The molecule has 0 aliphatic heterocycles. The van der Waals surface area contributed by atoms with Gasteiger partial charge in [-0.25, -0.2) is 19.3 Å². The lowest BCUT2D eigenvalue weighted by molar-refractivity contribution is 0.670. The number of rotatable bonds is 5. The minimum atomic E-state index is -0.484. The van der Waals surface area contributed by atoms with Crippen molar-refractivity contribution in [3.63, 3.8) is 0 Å². The first-order valence-electron chi connectivity index (χ1n) is 17.3. The number of benzene rings is 7. The van der Waals surface area contributed by atoms with E-state index in [-0.39, 0.29) is 0 Å². The third-order valence-corrected chi connectivity index (χ3v) is 9.81. The van der Waals surface area contributed by atoms with Crippen molar-refractivity contribution in [3.8, 4) is 45.1 Å². The molecule has 0 N–H and O–H groups in total. The summed E-state index contributed by atoms with van der Waals surface area (Å²) in [4.78, 5) is 38.6. The van der Waals surface area contributed by atoms with E-state index in [1.165, 1.54) is 4.57 Å². The van der Waals surface area contributed by atoms with Crippen molar-refractivity contribution in [1.82, 2.24) is 19.1 Å². The molecule has 0 bridgehead atoms. The smallest absolute Gasteiger partial charge is 0.340 e. The lowest BCUT2D eigenvalue weighted by atomic mass is 10.0. The standard InChI is InChI=1S/C46H28N4O3/c51-45-38-18-5-8-22-40(38)49(32-26-24-29(25-27-32)34-19-11-20-36-35-16-6-9-23-41(35)53-43(34)36)46(52)50(45)33-15-10-14-31(28-33)44-47-39-21-7-4-17-37(39)42(48-44)30-12-2-1-3-13-30/h1-28H. The van der Waals surface area contributed by atoms with Gasteiger partial charge in [-0.1, -0.05) is 121 Å². The molecule has 10 aromatic rings. The van der Waals surface area contributed by atoms with Crippen LogP contribution in [-0.4, -0.2) is 19.1 Å². The average molecular weight is 685 g/mol. The van der Waals surface area contributed by atoms with Crippen LogP contribution in [0.25, 0.3) is 88.9 Å². The number of fused-ring (bicyclic) bond motifs is 5. The number of aromatic nitrogens is 4. The fourth-order valence-corrected chi connectivity index (χ4v) is 7.31. The molecule has 0 aliphatic rings. The number of para-hydroxylation sites is 4. The van der Waals surface area contributed by atoms with Gasteiger partial charge in [-0.2, -0.15) is 0 Å². The zero-order chi connectivity index (χ0) is 35.5. The molecule has 7 aromatic carbocycles. The summed E-state index contributed by atoms with van der Waals surface area (Å²) in [7, 11) is 0. The Kier molecular flexibility index (Phi) is 6.97. The Morgan fingerprint density at radius 2 is 1.15 bits per heavy atom. The monoisotopic (exact) mass is 684 g/mol. The van der Waals surface area contributed by atoms with E-state index in [0.717, 1.165) is 55.2 Å². The number of hydrogen-bond acceptors (Lipinski definition) is 5. The quantitative estimate of drug-likeness (QED) is 0.180. The minimum Gasteiger partial charge on any atom is -0.455 e. The second-order valence-corrected chi connectivity index (χ2v) is 12.9. The Bertz CT molecular complexity index is 3160. The van der Waals surface area contributed by atoms with Crippen LogP contribution in [0, 0.1) is 0 Å². The van der Waals surface area contributed by atoms with Crippen molar-refractivity contribution in [3.05, 3.63) is 191 Å². The minimum absolute atomic E-state index is 0.406. The van der Waals surface area contributed by atoms with Crippen LogP contribution in [0.3, 0.4) is 0 Å². The molecule has 3 aromatic heterocycles. The fourth-order valence-electron chi connectivity index (χ4n) is 7.31. The van der Waals surface area contributed by atoms with Gasteiger partial charge in [0.15, 0.2) is 5.82 Å². The molecular weight excluding hydrogens is 657 g/mol. The fraction of sp³-hybridized carbons (Fsp3) is 0. The summed E-state index contributed by atoms with van der Waals surface area (Å²) in [5.74, 6) is 0.494. The molecule has 0 unspecified atom stereocenters. The van der Waals surface area contributed by atoms with Gasteiger partial charge < -0.3 is 4.42 Å². The van der Waals surface area contributed by atoms with Crippen LogP contribution in [0.4, 0.5) is 0 Å². The van der Waals surface area contributed by atoms with Gasteiger partial charge in [0.1, 0.15) is 11.2 Å². The molecule has 0 spiro atoms. The number of hydrogen-bond donors (Lipinski definition) is 0. The van der Waals surface area contributed by atoms with Crippen LogP contribution in [0.15, 0.2) is 184 Å². The SMILES string of the molecule is O=c1c2ccccc2n(-c2ccc(-c3cccc4c3oc3ccccc34)cc2)c(=O)n1-c1cccc(-c2nc(-c3ccccc3)c3ccccc3n2)c1. The summed E-state index contributed by atoms with van der Waals surface area (Å²) in [5, 5.41) is 3.47. The molecule has 10 rings (SSSR count). The summed E-state index contributed by atoms with van der Waals surface area (Å²) in [6, 6.07) is 54.3. The normalized spacial score (nSPS) is 11.5. The lowest BCUT2D eigenvalue weighted by Gasteiger charge is -2.15. The van der Waals surface area contributed by atoms with Crippen molar-refractivity contribution >= 4 is 43.7 Å². The Hall–Kier alpha value is -7.38. The van der Waals surface area contributed by atoms with Crippen LogP contribution in [0.5, 0.6) is 0 Å². The Morgan fingerprint density at radius 1 is 0.472 bits per heavy atom. The van der Waals surface area contributed by atoms with Crippen LogP contribution >= 0.6 is 0 Å². The third kappa shape index (κ3) is 4.98. The summed E-state index contributed by atoms with van der Waals surface area (Å²) in [6.07, 6.45) is 0. The summed E-state index contributed by atoms with van der Waals surface area (Å²) in [5.41, 5.74) is 7.48. The van der Waals surface area contributed by atoms with Crippen molar-refractivity contribution < 1.29 is 4.42 Å². The molecule has 0 fully saturated rings. The molecule has 53 heavy (non-hydrogen) atoms. The largest absolute Gasteiger partial charge is 0.455 e. The predicted molar refractivity (Wildman–Crippen MR) is 212 cm³/mol. The molecule has 0 atom stereocenters. The van der Waals surface area contributed by atoms with Gasteiger partial charge in [0, 0.05) is 32.8 Å². The highest BCUT2D eigenvalue weighted by Crippen LogP contribution is 2.36. The molecule has 0 amide bonds. The van der Waals surface area contributed by atoms with E-state index in [9.17, 15) is 9.59 Å². The molecule has 3 heterocycles. The molecule has 0 saturated heterocycles. The lowest BCUT2D eigenvalue weighted by Crippen LogP contribution is -2.38. The average Bonchev–Trinajstić information content (AvgIpc) is 3.60. The first-order chi connectivity index (χ1) is 26.1. The maximum Gasteiger partial charge on any atom is 0.340 e. The van der Waals surface area contributed by atoms with Gasteiger partial charge >= 0.3 is 5.69 Å². The van der Waals surface area contributed by atoms with E-state index in [1.807, 2.05) is 133 Å². The van der Waals surface area contributed by atoms with E-state index in [4.69, 9.17) is 14.4 Å². The van der Waals surface area contributed by atoms with Gasteiger partial charge in [0.05, 0.1) is 33.5 Å². The zero-order valence-corrected chi connectivity index (χ0v) is 28.2. The highest BCUT2D eigenvalue weighted by atomic mass is 16.3. The topological polar surface area (TPSA) is 82.9 Å². The Labute approximate surface area is 302 Å². The third-order valence-electron chi connectivity index (χ3n) is 9.81. The predicted octanol–water partition coefficient (Wildman–Crippen LogP) is 9.99. The van der Waals surface area contributed by atoms with E-state index in [0.29, 0.717) is 33.7 Å². The van der Waals surface area contributed by atoms with E-state index in [2.05, 4.69) is 12.1 Å². The van der Waals surface area contributed by atoms with Crippen LogP contribution < -0.4 is 11.2 Å². The highest BCUT2D eigenvalue weighted by Gasteiger charge is 2.18. The Morgan fingerprint density at radius 3 is 2.00 bits per heavy atom. The second-order valence-electron chi connectivity index (χ2n) is 12.9. The molecular formula is C46H28N4O3. The van der Waals surface area contributed by atoms with Gasteiger partial charge in [-0.3, -0.25) is 9.36 Å². The molecule has 7 nitrogen and oxygen atoms in total. The molecule has 0 saturated carbocycles. The summed E-state index contributed by atoms with van der Waals surface area (Å²) >= 11 is 0. The number of nitrogens with zero attached hydrogens (tertiary/aromatic N) is 4. The maximum absolute atomic E-state index is 14.6. The maximum atomic E-state index is 14.6. The second kappa shape index (κ2) is 12.1. The van der Waals surface area contributed by atoms with Crippen LogP contribution in [0.2, 0.25) is 0 Å². The van der Waals surface area contributed by atoms with Crippen LogP contribution in [0.1, 0.15) is 0 Å². The van der Waals surface area contributed by atoms with Crippen molar-refractivity contribution in [2.45, 2.75) is 0 Å². The molecule has 7 heteroatoms. The first-order valence-corrected chi connectivity index (χ1v) is 17.3. The summed E-state index contributed by atoms with van der Waals surface area (Å²) < 4.78 is 9.12. The molecule has 0 aliphatic carbocycles. The Balaban J connectivity index is 1.11.